The van der Waals surface area contributed by atoms with Crippen LogP contribution >= 0.6 is 15.9 Å². The zero-order valence-electron chi connectivity index (χ0n) is 16.7. The van der Waals surface area contributed by atoms with Crippen LogP contribution < -0.4 is 14.9 Å². The third-order valence-electron chi connectivity index (χ3n) is 5.56. The van der Waals surface area contributed by atoms with E-state index in [4.69, 9.17) is 18.6 Å². The number of ether oxygens (including phenoxy) is 3. The fourth-order valence-corrected chi connectivity index (χ4v) is 4.42. The molecule has 6 nitrogen and oxygen atoms in total. The van der Waals surface area contributed by atoms with Gasteiger partial charge in [0, 0.05) is 19.7 Å². The number of nitrogens with zero attached hydrogens (tertiary/aromatic N) is 1. The highest BCUT2D eigenvalue weighted by molar-refractivity contribution is 9.10. The van der Waals surface area contributed by atoms with Crippen molar-refractivity contribution in [1.82, 2.24) is 4.90 Å². The molecule has 1 atom stereocenters. The van der Waals surface area contributed by atoms with Gasteiger partial charge in [0.05, 0.1) is 21.5 Å². The van der Waals surface area contributed by atoms with Crippen molar-refractivity contribution in [2.24, 2.45) is 0 Å². The molecule has 2 aliphatic heterocycles. The molecular weight excluding hydrogens is 450 g/mol. The van der Waals surface area contributed by atoms with Crippen LogP contribution in [0.4, 0.5) is 0 Å². The molecule has 0 aliphatic carbocycles. The quantitative estimate of drug-likeness (QED) is 0.534. The Morgan fingerprint density at radius 1 is 1.23 bits per heavy atom. The second-order valence-corrected chi connectivity index (χ2v) is 8.54. The second kappa shape index (κ2) is 8.06. The molecule has 0 saturated carbocycles. The molecule has 0 amide bonds. The van der Waals surface area contributed by atoms with Crippen LogP contribution in [0.3, 0.4) is 0 Å². The Bertz CT molecular complexity index is 1150. The summed E-state index contributed by atoms with van der Waals surface area (Å²) < 4.78 is 24.5. The predicted octanol–water partition coefficient (Wildman–Crippen LogP) is 4.99. The van der Waals surface area contributed by atoms with Gasteiger partial charge < -0.3 is 18.6 Å². The van der Waals surface area contributed by atoms with E-state index in [1.807, 2.05) is 24.3 Å². The number of benzene rings is 2. The Hall–Kier alpha value is -2.35. The highest BCUT2D eigenvalue weighted by Gasteiger charge is 2.27. The number of rotatable bonds is 4. The van der Waals surface area contributed by atoms with Crippen LogP contribution in [-0.4, -0.2) is 30.9 Å². The van der Waals surface area contributed by atoms with E-state index in [1.165, 1.54) is 0 Å². The highest BCUT2D eigenvalue weighted by Crippen LogP contribution is 2.35. The highest BCUT2D eigenvalue weighted by atomic mass is 79.9. The van der Waals surface area contributed by atoms with Crippen LogP contribution in [0.2, 0.25) is 0 Å². The molecule has 156 valence electrons. The molecule has 3 heterocycles. The smallest absolute Gasteiger partial charge is 0.235 e. The van der Waals surface area contributed by atoms with Gasteiger partial charge in [-0.3, -0.25) is 9.69 Å². The molecular formula is C23H22BrNO5. The van der Waals surface area contributed by atoms with E-state index in [1.54, 1.807) is 19.1 Å². The van der Waals surface area contributed by atoms with Gasteiger partial charge in [-0.1, -0.05) is 12.1 Å². The minimum absolute atomic E-state index is 0.191. The monoisotopic (exact) mass is 471 g/mol. The molecule has 2 aliphatic rings. The summed E-state index contributed by atoms with van der Waals surface area (Å²) in [6.07, 6.45) is 2.42. The van der Waals surface area contributed by atoms with Crippen molar-refractivity contribution in [3.63, 3.8) is 0 Å². The maximum absolute atomic E-state index is 13.2. The largest absolute Gasteiger partial charge is 0.478 e. The standard InChI is InChI=1S/C23H22BrNO5/c1-14-22(30-20-7-3-2-6-18(20)24)21(26)16-8-9-19-17(23(16)29-14)12-25(13-28-19)11-15-5-4-10-27-15/h2-3,6-9,15H,4-5,10-13H2,1H3. The summed E-state index contributed by atoms with van der Waals surface area (Å²) in [5.74, 6) is 1.96. The van der Waals surface area contributed by atoms with Crippen LogP contribution in [0.5, 0.6) is 17.2 Å². The fraction of sp³-hybridized carbons (Fsp3) is 0.348. The van der Waals surface area contributed by atoms with Crippen molar-refractivity contribution in [2.45, 2.75) is 32.4 Å². The molecule has 1 aromatic heterocycles. The molecule has 3 aromatic rings. The van der Waals surface area contributed by atoms with Crippen molar-refractivity contribution in [3.8, 4) is 17.2 Å². The van der Waals surface area contributed by atoms with Gasteiger partial charge in [-0.25, -0.2) is 0 Å². The van der Waals surface area contributed by atoms with Crippen molar-refractivity contribution < 1.29 is 18.6 Å². The Balaban J connectivity index is 1.51. The van der Waals surface area contributed by atoms with E-state index in [9.17, 15) is 4.79 Å². The van der Waals surface area contributed by atoms with E-state index in [0.29, 0.717) is 35.8 Å². The van der Waals surface area contributed by atoms with Crippen LogP contribution in [0.15, 0.2) is 50.1 Å². The summed E-state index contributed by atoms with van der Waals surface area (Å²) in [5.41, 5.74) is 1.26. The predicted molar refractivity (Wildman–Crippen MR) is 116 cm³/mol. The average Bonchev–Trinajstić information content (AvgIpc) is 3.25. The van der Waals surface area contributed by atoms with Crippen molar-refractivity contribution in [2.75, 3.05) is 19.9 Å². The average molecular weight is 472 g/mol. The van der Waals surface area contributed by atoms with E-state index >= 15 is 0 Å². The van der Waals surface area contributed by atoms with E-state index in [-0.39, 0.29) is 17.3 Å². The lowest BCUT2D eigenvalue weighted by Gasteiger charge is -2.30. The first-order valence-corrected chi connectivity index (χ1v) is 10.9. The van der Waals surface area contributed by atoms with Crippen LogP contribution in [0.1, 0.15) is 24.2 Å². The molecule has 2 aromatic carbocycles. The minimum Gasteiger partial charge on any atom is -0.478 e. The summed E-state index contributed by atoms with van der Waals surface area (Å²) in [5, 5.41) is 0.490. The van der Waals surface area contributed by atoms with Gasteiger partial charge in [-0.2, -0.15) is 0 Å². The van der Waals surface area contributed by atoms with Crippen molar-refractivity contribution in [3.05, 3.63) is 62.4 Å². The topological polar surface area (TPSA) is 61.1 Å². The maximum Gasteiger partial charge on any atom is 0.235 e. The number of hydrogen-bond acceptors (Lipinski definition) is 6. The van der Waals surface area contributed by atoms with Crippen LogP contribution in [0.25, 0.3) is 11.0 Å². The summed E-state index contributed by atoms with van der Waals surface area (Å²) >= 11 is 3.45. The zero-order valence-corrected chi connectivity index (χ0v) is 18.2. The molecule has 0 radical (unpaired) electrons. The van der Waals surface area contributed by atoms with Gasteiger partial charge in [0.15, 0.2) is 0 Å². The Labute approximate surface area is 182 Å². The summed E-state index contributed by atoms with van der Waals surface area (Å²) in [6, 6.07) is 11.0. The molecule has 1 saturated heterocycles. The number of aryl methyl sites for hydroxylation is 1. The molecule has 7 heteroatoms. The molecule has 0 bridgehead atoms. The van der Waals surface area contributed by atoms with E-state index in [0.717, 1.165) is 41.8 Å². The van der Waals surface area contributed by atoms with Gasteiger partial charge in [0.25, 0.3) is 0 Å². The fourth-order valence-electron chi connectivity index (χ4n) is 4.05. The molecule has 1 fully saturated rings. The van der Waals surface area contributed by atoms with E-state index in [2.05, 4.69) is 20.8 Å². The van der Waals surface area contributed by atoms with Gasteiger partial charge in [-0.05, 0) is 60.0 Å². The Morgan fingerprint density at radius 3 is 2.90 bits per heavy atom. The van der Waals surface area contributed by atoms with Gasteiger partial charge in [0.2, 0.25) is 11.2 Å². The zero-order chi connectivity index (χ0) is 20.7. The van der Waals surface area contributed by atoms with E-state index < -0.39 is 0 Å². The molecule has 1 unspecified atom stereocenters. The number of fused-ring (bicyclic) bond motifs is 3. The minimum atomic E-state index is -0.191. The lowest BCUT2D eigenvalue weighted by molar-refractivity contribution is 0.0281. The first kappa shape index (κ1) is 19.6. The Kier molecular flexibility index (Phi) is 5.26. The number of hydrogen-bond donors (Lipinski definition) is 0. The third-order valence-corrected chi connectivity index (χ3v) is 6.22. The first-order chi connectivity index (χ1) is 14.6. The van der Waals surface area contributed by atoms with Crippen LogP contribution in [-0.2, 0) is 11.3 Å². The Morgan fingerprint density at radius 2 is 2.10 bits per heavy atom. The number of halogens is 1. The lowest BCUT2D eigenvalue weighted by atomic mass is 10.1. The van der Waals surface area contributed by atoms with Crippen molar-refractivity contribution >= 4 is 26.9 Å². The van der Waals surface area contributed by atoms with Crippen LogP contribution in [0, 0.1) is 6.92 Å². The molecule has 30 heavy (non-hydrogen) atoms. The molecule has 0 N–H and O–H groups in total. The second-order valence-electron chi connectivity index (χ2n) is 7.69. The lowest BCUT2D eigenvalue weighted by Crippen LogP contribution is -2.37. The third kappa shape index (κ3) is 3.62. The summed E-state index contributed by atoms with van der Waals surface area (Å²) in [4.78, 5) is 15.4. The SMILES string of the molecule is Cc1oc2c3c(ccc2c(=O)c1Oc1ccccc1Br)OCN(CC1CCCO1)C3. The van der Waals surface area contributed by atoms with Crippen molar-refractivity contribution in [1.29, 1.82) is 0 Å². The molecule has 0 spiro atoms. The summed E-state index contributed by atoms with van der Waals surface area (Å²) in [7, 11) is 0. The van der Waals surface area contributed by atoms with Gasteiger partial charge in [0.1, 0.15) is 29.6 Å². The summed E-state index contributed by atoms with van der Waals surface area (Å²) in [6.45, 7) is 4.54. The van der Waals surface area contributed by atoms with Gasteiger partial charge >= 0.3 is 0 Å². The maximum atomic E-state index is 13.2. The first-order valence-electron chi connectivity index (χ1n) is 10.1. The molecule has 5 rings (SSSR count). The normalized spacial score (nSPS) is 18.9. The number of para-hydroxylation sites is 1. The van der Waals surface area contributed by atoms with Gasteiger partial charge in [-0.15, -0.1) is 0 Å².